The van der Waals surface area contributed by atoms with E-state index in [4.69, 9.17) is 4.74 Å². The summed E-state index contributed by atoms with van der Waals surface area (Å²) in [5.74, 6) is -1.20. The van der Waals surface area contributed by atoms with Gasteiger partial charge in [0.1, 0.15) is 5.82 Å². The molecule has 1 aliphatic heterocycles. The Morgan fingerprint density at radius 1 is 1.39 bits per heavy atom. The third-order valence-corrected chi connectivity index (χ3v) is 4.71. The minimum Gasteiger partial charge on any atom is -0.481 e. The lowest BCUT2D eigenvalue weighted by Gasteiger charge is -2.46. The molecule has 0 spiro atoms. The minimum atomic E-state index is -0.842. The van der Waals surface area contributed by atoms with Crippen LogP contribution in [0.25, 0.3) is 0 Å². The first-order valence-electron chi connectivity index (χ1n) is 5.79. The molecule has 0 atom stereocenters. The topological polar surface area (TPSA) is 46.5 Å². The zero-order chi connectivity index (χ0) is 13.0. The summed E-state index contributed by atoms with van der Waals surface area (Å²) in [6, 6.07) is 4.67. The number of aliphatic carboxylic acids is 1. The number of rotatable bonds is 3. The van der Waals surface area contributed by atoms with E-state index < -0.39 is 16.8 Å². The lowest BCUT2D eigenvalue weighted by molar-refractivity contribution is -0.161. The van der Waals surface area contributed by atoms with Crippen molar-refractivity contribution in [2.45, 2.75) is 18.3 Å². The molecule has 1 saturated carbocycles. The molecule has 1 saturated heterocycles. The number of carboxylic acids is 1. The third-order valence-electron chi connectivity index (χ3n) is 4.22. The molecule has 5 heteroatoms. The van der Waals surface area contributed by atoms with Crippen LogP contribution < -0.4 is 0 Å². The fourth-order valence-electron chi connectivity index (χ4n) is 2.88. The van der Waals surface area contributed by atoms with Crippen LogP contribution in [0.3, 0.4) is 0 Å². The van der Waals surface area contributed by atoms with Crippen molar-refractivity contribution in [3.63, 3.8) is 0 Å². The Balaban J connectivity index is 2.12. The standard InChI is InChI=1S/C13H12BrFO3/c14-8-1-2-10(15)9(5-8)13(6-18-7-13)12(3-4-12)11(16)17/h1-2,5H,3-4,6-7H2,(H,16,17). The van der Waals surface area contributed by atoms with Crippen molar-refractivity contribution in [2.24, 2.45) is 5.41 Å². The zero-order valence-electron chi connectivity index (χ0n) is 9.58. The van der Waals surface area contributed by atoms with Gasteiger partial charge in [0, 0.05) is 10.0 Å². The number of ether oxygens (including phenoxy) is 1. The van der Waals surface area contributed by atoms with E-state index in [9.17, 15) is 14.3 Å². The van der Waals surface area contributed by atoms with Gasteiger partial charge in [0.05, 0.1) is 24.0 Å². The van der Waals surface area contributed by atoms with E-state index in [1.807, 2.05) is 0 Å². The maximum Gasteiger partial charge on any atom is 0.310 e. The van der Waals surface area contributed by atoms with Crippen LogP contribution in [0.5, 0.6) is 0 Å². The van der Waals surface area contributed by atoms with E-state index in [1.165, 1.54) is 6.07 Å². The highest BCUT2D eigenvalue weighted by Crippen LogP contribution is 2.63. The van der Waals surface area contributed by atoms with Crippen LogP contribution in [0.4, 0.5) is 4.39 Å². The summed E-state index contributed by atoms with van der Waals surface area (Å²) in [7, 11) is 0. The Labute approximate surface area is 112 Å². The SMILES string of the molecule is O=C(O)C1(C2(c3cc(Br)ccc3F)COC2)CC1. The average molecular weight is 315 g/mol. The first kappa shape index (κ1) is 12.1. The highest BCUT2D eigenvalue weighted by atomic mass is 79.9. The average Bonchev–Trinajstić information content (AvgIpc) is 3.03. The summed E-state index contributed by atoms with van der Waals surface area (Å²) in [6.07, 6.45) is 1.19. The number of halogens is 2. The Kier molecular flexibility index (Phi) is 2.54. The Morgan fingerprint density at radius 3 is 2.50 bits per heavy atom. The molecule has 0 unspecified atom stereocenters. The van der Waals surface area contributed by atoms with Crippen LogP contribution in [0.15, 0.2) is 22.7 Å². The van der Waals surface area contributed by atoms with Gasteiger partial charge in [-0.05, 0) is 31.0 Å². The zero-order valence-corrected chi connectivity index (χ0v) is 11.2. The maximum absolute atomic E-state index is 14.0. The molecule has 1 aromatic carbocycles. The first-order chi connectivity index (χ1) is 8.52. The largest absolute Gasteiger partial charge is 0.481 e. The van der Waals surface area contributed by atoms with Gasteiger partial charge < -0.3 is 9.84 Å². The van der Waals surface area contributed by atoms with Gasteiger partial charge in [0.15, 0.2) is 0 Å². The highest BCUT2D eigenvalue weighted by Gasteiger charge is 2.69. The van der Waals surface area contributed by atoms with E-state index >= 15 is 0 Å². The maximum atomic E-state index is 14.0. The summed E-state index contributed by atoms with van der Waals surface area (Å²) >= 11 is 3.31. The van der Waals surface area contributed by atoms with Crippen LogP contribution >= 0.6 is 15.9 Å². The van der Waals surface area contributed by atoms with Crippen LogP contribution in [-0.2, 0) is 14.9 Å². The predicted octanol–water partition coefficient (Wildman–Crippen LogP) is 2.72. The Hall–Kier alpha value is -0.940. The van der Waals surface area contributed by atoms with Gasteiger partial charge in [-0.25, -0.2) is 4.39 Å². The molecular formula is C13H12BrFO3. The quantitative estimate of drug-likeness (QED) is 0.933. The molecule has 0 aromatic heterocycles. The van der Waals surface area contributed by atoms with E-state index in [-0.39, 0.29) is 19.0 Å². The molecule has 1 heterocycles. The van der Waals surface area contributed by atoms with Crippen LogP contribution in [0, 0.1) is 11.2 Å². The molecule has 0 radical (unpaired) electrons. The minimum absolute atomic E-state index is 0.284. The molecule has 0 amide bonds. The van der Waals surface area contributed by atoms with Gasteiger partial charge in [0.25, 0.3) is 0 Å². The molecule has 1 aromatic rings. The summed E-state index contributed by atoms with van der Waals surface area (Å²) in [6.45, 7) is 0.569. The lowest BCUT2D eigenvalue weighted by atomic mass is 9.66. The first-order valence-corrected chi connectivity index (χ1v) is 6.58. The summed E-state index contributed by atoms with van der Waals surface area (Å²) < 4.78 is 20.0. The van der Waals surface area contributed by atoms with Gasteiger partial charge in [-0.3, -0.25) is 4.79 Å². The van der Waals surface area contributed by atoms with Crippen molar-refractivity contribution in [2.75, 3.05) is 13.2 Å². The second kappa shape index (κ2) is 3.78. The van der Waals surface area contributed by atoms with Crippen LogP contribution in [0.2, 0.25) is 0 Å². The van der Waals surface area contributed by atoms with Crippen molar-refractivity contribution in [1.29, 1.82) is 0 Å². The van der Waals surface area contributed by atoms with Crippen LogP contribution in [-0.4, -0.2) is 24.3 Å². The van der Waals surface area contributed by atoms with E-state index in [1.54, 1.807) is 12.1 Å². The molecule has 3 nitrogen and oxygen atoms in total. The normalized spacial score (nSPS) is 23.2. The van der Waals surface area contributed by atoms with E-state index in [2.05, 4.69) is 15.9 Å². The van der Waals surface area contributed by atoms with Crippen molar-refractivity contribution >= 4 is 21.9 Å². The summed E-state index contributed by atoms with van der Waals surface area (Å²) in [4.78, 5) is 11.5. The molecule has 3 rings (SSSR count). The second-order valence-electron chi connectivity index (χ2n) is 5.09. The molecule has 18 heavy (non-hydrogen) atoms. The fraction of sp³-hybridized carbons (Fsp3) is 0.462. The Bertz CT molecular complexity index is 521. The van der Waals surface area contributed by atoms with Gasteiger partial charge >= 0.3 is 5.97 Å². The molecule has 2 aliphatic rings. The van der Waals surface area contributed by atoms with Gasteiger partial charge in [0.2, 0.25) is 0 Å². The number of hydrogen-bond acceptors (Lipinski definition) is 2. The van der Waals surface area contributed by atoms with Crippen molar-refractivity contribution in [3.8, 4) is 0 Å². The molecular weight excluding hydrogens is 303 g/mol. The predicted molar refractivity (Wildman–Crippen MR) is 65.9 cm³/mol. The number of carbonyl (C=O) groups is 1. The molecule has 1 aliphatic carbocycles. The van der Waals surface area contributed by atoms with Gasteiger partial charge in [-0.1, -0.05) is 15.9 Å². The molecule has 1 N–H and O–H groups in total. The fourth-order valence-corrected chi connectivity index (χ4v) is 3.24. The van der Waals surface area contributed by atoms with Crippen molar-refractivity contribution < 1.29 is 19.0 Å². The summed E-state index contributed by atoms with van der Waals surface area (Å²) in [5, 5.41) is 9.44. The van der Waals surface area contributed by atoms with Gasteiger partial charge in [-0.2, -0.15) is 0 Å². The number of benzene rings is 1. The number of hydrogen-bond donors (Lipinski definition) is 1. The molecule has 0 bridgehead atoms. The highest BCUT2D eigenvalue weighted by molar-refractivity contribution is 9.10. The summed E-state index contributed by atoms with van der Waals surface area (Å²) in [5.41, 5.74) is -1.08. The van der Waals surface area contributed by atoms with Crippen molar-refractivity contribution in [1.82, 2.24) is 0 Å². The monoisotopic (exact) mass is 314 g/mol. The second-order valence-corrected chi connectivity index (χ2v) is 6.00. The van der Waals surface area contributed by atoms with Crippen LogP contribution in [0.1, 0.15) is 18.4 Å². The molecule has 96 valence electrons. The van der Waals surface area contributed by atoms with E-state index in [0.29, 0.717) is 18.4 Å². The Morgan fingerprint density at radius 2 is 2.06 bits per heavy atom. The third kappa shape index (κ3) is 1.40. The van der Waals surface area contributed by atoms with Gasteiger partial charge in [-0.15, -0.1) is 0 Å². The lowest BCUT2D eigenvalue weighted by Crippen LogP contribution is -2.56. The number of carboxylic acid groups (broad SMARTS) is 1. The smallest absolute Gasteiger partial charge is 0.310 e. The van der Waals surface area contributed by atoms with E-state index in [0.717, 1.165) is 4.47 Å². The van der Waals surface area contributed by atoms with Crippen molar-refractivity contribution in [3.05, 3.63) is 34.1 Å². The molecule has 2 fully saturated rings.